The number of nitrogens with one attached hydrogen (secondary N) is 2. The smallest absolute Gasteiger partial charge is 0.417 e. The first-order chi connectivity index (χ1) is 12.5. The van der Waals surface area contributed by atoms with Crippen LogP contribution >= 0.6 is 7.67 Å². The topological polar surface area (TPSA) is 84.5 Å². The fourth-order valence-corrected chi connectivity index (χ4v) is 5.67. The van der Waals surface area contributed by atoms with Crippen LogP contribution in [0.25, 0.3) is 0 Å². The van der Waals surface area contributed by atoms with Gasteiger partial charge in [0, 0.05) is 5.69 Å². The SMILES string of the molecule is O=P(Nc1ccccc1)(NS(=O)(=O)c1ccccc1)Oc1ccccc1. The molecule has 0 radical (unpaired) electrons. The predicted molar refractivity (Wildman–Crippen MR) is 102 cm³/mol. The van der Waals surface area contributed by atoms with Gasteiger partial charge in [-0.15, -0.1) is 4.49 Å². The lowest BCUT2D eigenvalue weighted by atomic mass is 10.3. The van der Waals surface area contributed by atoms with E-state index < -0.39 is 17.7 Å². The Morgan fingerprint density at radius 3 is 1.81 bits per heavy atom. The van der Waals surface area contributed by atoms with Crippen LogP contribution < -0.4 is 14.1 Å². The molecule has 0 aliphatic carbocycles. The van der Waals surface area contributed by atoms with E-state index in [-0.39, 0.29) is 10.6 Å². The third-order valence-corrected chi connectivity index (χ3v) is 7.16. The third kappa shape index (κ3) is 4.73. The molecule has 6 nitrogen and oxygen atoms in total. The molecule has 26 heavy (non-hydrogen) atoms. The summed E-state index contributed by atoms with van der Waals surface area (Å²) in [7, 11) is -8.10. The Hall–Kier alpha value is -2.60. The third-order valence-electron chi connectivity index (χ3n) is 3.32. The lowest BCUT2D eigenvalue weighted by Crippen LogP contribution is -2.27. The summed E-state index contributed by atoms with van der Waals surface area (Å²) >= 11 is 0. The number of anilines is 1. The normalized spacial score (nSPS) is 13.5. The van der Waals surface area contributed by atoms with Crippen molar-refractivity contribution in [3.8, 4) is 5.75 Å². The first kappa shape index (κ1) is 18.2. The van der Waals surface area contributed by atoms with Gasteiger partial charge in [-0.05, 0) is 36.4 Å². The van der Waals surface area contributed by atoms with Gasteiger partial charge in [-0.2, -0.15) is 0 Å². The number of hydrogen-bond donors (Lipinski definition) is 2. The molecule has 2 N–H and O–H groups in total. The molecule has 0 heterocycles. The summed E-state index contributed by atoms with van der Waals surface area (Å²) in [6.45, 7) is 0. The molecular weight excluding hydrogens is 371 g/mol. The summed E-state index contributed by atoms with van der Waals surface area (Å²) in [4.78, 5) is -0.00764. The van der Waals surface area contributed by atoms with E-state index in [0.717, 1.165) is 0 Å². The highest BCUT2D eigenvalue weighted by molar-refractivity contribution is 7.95. The quantitative estimate of drug-likeness (QED) is 0.591. The molecule has 8 heteroatoms. The van der Waals surface area contributed by atoms with Gasteiger partial charge in [-0.3, -0.25) is 5.09 Å². The molecular formula is C18H17N2O4PS. The maximum absolute atomic E-state index is 13.3. The molecule has 1 atom stereocenters. The van der Waals surface area contributed by atoms with Crippen LogP contribution in [-0.4, -0.2) is 8.42 Å². The van der Waals surface area contributed by atoms with Gasteiger partial charge in [-0.1, -0.05) is 54.6 Å². The van der Waals surface area contributed by atoms with Crippen LogP contribution in [0, 0.1) is 0 Å². The molecule has 0 aliphatic rings. The molecule has 134 valence electrons. The van der Waals surface area contributed by atoms with Crippen molar-refractivity contribution in [1.82, 2.24) is 4.49 Å². The van der Waals surface area contributed by atoms with Crippen LogP contribution in [0.3, 0.4) is 0 Å². The summed E-state index contributed by atoms with van der Waals surface area (Å²) in [5.41, 5.74) is 0.461. The summed E-state index contributed by atoms with van der Waals surface area (Å²) in [6.07, 6.45) is 0. The highest BCUT2D eigenvalue weighted by atomic mass is 32.2. The van der Waals surface area contributed by atoms with Crippen molar-refractivity contribution in [1.29, 1.82) is 0 Å². The molecule has 0 aromatic heterocycles. The van der Waals surface area contributed by atoms with E-state index in [2.05, 4.69) is 9.58 Å². The second-order valence-electron chi connectivity index (χ2n) is 5.34. The van der Waals surface area contributed by atoms with Gasteiger partial charge in [0.05, 0.1) is 4.90 Å². The summed E-state index contributed by atoms with van der Waals surface area (Å²) < 4.78 is 46.3. The van der Waals surface area contributed by atoms with E-state index in [1.54, 1.807) is 78.9 Å². The molecule has 0 bridgehead atoms. The van der Waals surface area contributed by atoms with E-state index in [9.17, 15) is 13.0 Å². The second-order valence-corrected chi connectivity index (χ2v) is 9.06. The highest BCUT2D eigenvalue weighted by Gasteiger charge is 2.32. The minimum Gasteiger partial charge on any atom is -0.417 e. The van der Waals surface area contributed by atoms with Crippen molar-refractivity contribution in [2.24, 2.45) is 0 Å². The zero-order chi connectivity index (χ0) is 18.5. The Morgan fingerprint density at radius 1 is 0.731 bits per heavy atom. The van der Waals surface area contributed by atoms with Gasteiger partial charge in [0.1, 0.15) is 5.75 Å². The van der Waals surface area contributed by atoms with E-state index in [1.165, 1.54) is 12.1 Å². The number of para-hydroxylation sites is 2. The van der Waals surface area contributed by atoms with Gasteiger partial charge >= 0.3 is 7.67 Å². The standard InChI is InChI=1S/C18H17N2O4PS/c21-25(19-16-10-4-1-5-11-16,24-17-12-6-2-7-13-17)20-26(22,23)18-14-8-3-9-15-18/h1-15H,(H2,19,20,21). The van der Waals surface area contributed by atoms with Crippen molar-refractivity contribution < 1.29 is 17.5 Å². The van der Waals surface area contributed by atoms with Gasteiger partial charge in [-0.25, -0.2) is 13.0 Å². The molecule has 3 aromatic carbocycles. The lowest BCUT2D eigenvalue weighted by molar-refractivity contribution is 0.481. The van der Waals surface area contributed by atoms with E-state index in [4.69, 9.17) is 4.52 Å². The Bertz CT molecular complexity index is 952. The monoisotopic (exact) mass is 388 g/mol. The van der Waals surface area contributed by atoms with E-state index in [0.29, 0.717) is 5.69 Å². The molecule has 1 unspecified atom stereocenters. The summed E-state index contributed by atoms with van der Waals surface area (Å²) in [5.74, 6) is 0.273. The Kier molecular flexibility index (Phi) is 5.42. The van der Waals surface area contributed by atoms with Crippen molar-refractivity contribution >= 4 is 23.4 Å². The van der Waals surface area contributed by atoms with Gasteiger partial charge in [0.25, 0.3) is 0 Å². The van der Waals surface area contributed by atoms with Gasteiger partial charge in [0.15, 0.2) is 0 Å². The maximum atomic E-state index is 13.3. The largest absolute Gasteiger partial charge is 0.430 e. The summed E-state index contributed by atoms with van der Waals surface area (Å²) in [6, 6.07) is 24.7. The van der Waals surface area contributed by atoms with Crippen molar-refractivity contribution in [2.45, 2.75) is 4.90 Å². The van der Waals surface area contributed by atoms with E-state index >= 15 is 0 Å². The zero-order valence-corrected chi connectivity index (χ0v) is 15.4. The van der Waals surface area contributed by atoms with Crippen molar-refractivity contribution in [3.05, 3.63) is 91.0 Å². The van der Waals surface area contributed by atoms with Crippen LogP contribution in [0.4, 0.5) is 5.69 Å². The fraction of sp³-hybridized carbons (Fsp3) is 0. The first-order valence-corrected chi connectivity index (χ1v) is 10.8. The van der Waals surface area contributed by atoms with Crippen LogP contribution in [0.15, 0.2) is 95.9 Å². The maximum Gasteiger partial charge on any atom is 0.430 e. The lowest BCUT2D eigenvalue weighted by Gasteiger charge is -2.21. The number of sulfonamides is 1. The van der Waals surface area contributed by atoms with Crippen molar-refractivity contribution in [2.75, 3.05) is 5.09 Å². The Morgan fingerprint density at radius 2 is 1.23 bits per heavy atom. The predicted octanol–water partition coefficient (Wildman–Crippen LogP) is 4.26. The molecule has 0 spiro atoms. The molecule has 0 amide bonds. The molecule has 0 saturated heterocycles. The first-order valence-electron chi connectivity index (χ1n) is 7.74. The average Bonchev–Trinajstić information content (AvgIpc) is 2.63. The average molecular weight is 388 g/mol. The number of rotatable bonds is 7. The van der Waals surface area contributed by atoms with E-state index in [1.807, 2.05) is 0 Å². The van der Waals surface area contributed by atoms with Gasteiger partial charge in [0.2, 0.25) is 10.0 Å². The van der Waals surface area contributed by atoms with Crippen LogP contribution in [0.2, 0.25) is 0 Å². The molecule has 0 aliphatic heterocycles. The van der Waals surface area contributed by atoms with Crippen LogP contribution in [0.5, 0.6) is 5.75 Å². The Balaban J connectivity index is 1.93. The number of benzene rings is 3. The van der Waals surface area contributed by atoms with Crippen LogP contribution in [-0.2, 0) is 14.6 Å². The molecule has 0 fully saturated rings. The van der Waals surface area contributed by atoms with Crippen molar-refractivity contribution in [3.63, 3.8) is 0 Å². The van der Waals surface area contributed by atoms with Gasteiger partial charge < -0.3 is 4.52 Å². The Labute approximate surface area is 152 Å². The zero-order valence-electron chi connectivity index (χ0n) is 13.6. The minimum absolute atomic E-state index is 0.00764. The number of hydrogen-bond acceptors (Lipinski definition) is 4. The molecule has 3 rings (SSSR count). The minimum atomic E-state index is -4.06. The highest BCUT2D eigenvalue weighted by Crippen LogP contribution is 2.44. The molecule has 0 saturated carbocycles. The second kappa shape index (κ2) is 7.74. The summed E-state index contributed by atoms with van der Waals surface area (Å²) in [5, 5.41) is 2.67. The van der Waals surface area contributed by atoms with Crippen LogP contribution in [0.1, 0.15) is 0 Å². The fourth-order valence-electron chi connectivity index (χ4n) is 2.19. The molecule has 3 aromatic rings.